The van der Waals surface area contributed by atoms with E-state index in [4.69, 9.17) is 4.74 Å². The topological polar surface area (TPSA) is 15.7 Å². The van der Waals surface area contributed by atoms with Gasteiger partial charge in [-0.25, -0.2) is 0 Å². The van der Waals surface area contributed by atoms with Gasteiger partial charge in [0.1, 0.15) is 0 Å². The van der Waals surface area contributed by atoms with E-state index in [1.807, 2.05) is 0 Å². The minimum atomic E-state index is 0.389. The molecule has 2 unspecified atom stereocenters. The average Bonchev–Trinajstić information content (AvgIpc) is 2.78. The van der Waals surface area contributed by atoms with Crippen molar-refractivity contribution in [2.24, 2.45) is 5.92 Å². The summed E-state index contributed by atoms with van der Waals surface area (Å²) in [5, 5.41) is 0. The Morgan fingerprint density at radius 3 is 2.50 bits per heavy atom. The summed E-state index contributed by atoms with van der Waals surface area (Å²) < 4.78 is 5.68. The van der Waals surface area contributed by atoms with Crippen LogP contribution in [0.4, 0.5) is 0 Å². The van der Waals surface area contributed by atoms with Crippen molar-refractivity contribution in [3.8, 4) is 0 Å². The fraction of sp³-hybridized carbons (Fsp3) is 1.00. The van der Waals surface area contributed by atoms with Gasteiger partial charge < -0.3 is 9.64 Å². The second-order valence-electron chi connectivity index (χ2n) is 6.38. The van der Waals surface area contributed by atoms with Gasteiger partial charge in [-0.3, -0.25) is 4.90 Å². The molecule has 2 aliphatic rings. The largest absolute Gasteiger partial charge is 0.379 e. The molecule has 1 saturated carbocycles. The zero-order chi connectivity index (χ0) is 13.0. The highest BCUT2D eigenvalue weighted by Crippen LogP contribution is 2.32. The smallest absolute Gasteiger partial charge is 0.0518 e. The molecule has 0 aromatic carbocycles. The molecule has 3 heteroatoms. The van der Waals surface area contributed by atoms with Gasteiger partial charge in [-0.05, 0) is 52.5 Å². The van der Waals surface area contributed by atoms with E-state index in [-0.39, 0.29) is 0 Å². The molecule has 3 nitrogen and oxygen atoms in total. The maximum absolute atomic E-state index is 5.68. The molecule has 0 amide bonds. The summed E-state index contributed by atoms with van der Waals surface area (Å²) in [6.45, 7) is 10.3. The number of rotatable bonds is 5. The zero-order valence-electron chi connectivity index (χ0n) is 12.4. The van der Waals surface area contributed by atoms with E-state index in [1.165, 1.54) is 51.9 Å². The molecule has 2 rings (SSSR count). The first-order chi connectivity index (χ1) is 8.65. The maximum atomic E-state index is 5.68. The summed E-state index contributed by atoms with van der Waals surface area (Å²) in [7, 11) is 2.23. The predicted octanol–water partition coefficient (Wildman–Crippen LogP) is 2.22. The third-order valence-corrected chi connectivity index (χ3v) is 4.55. The number of nitrogens with zero attached hydrogens (tertiary/aromatic N) is 2. The molecule has 18 heavy (non-hydrogen) atoms. The molecule has 0 aromatic heterocycles. The van der Waals surface area contributed by atoms with E-state index in [0.717, 1.165) is 18.6 Å². The standard InChI is InChI=1S/C15H30N2O/c1-13(2)18-11-6-14-4-5-15(12-14)17-9-7-16(3)8-10-17/h13-15H,4-12H2,1-3H3. The lowest BCUT2D eigenvalue weighted by atomic mass is 10.0. The van der Waals surface area contributed by atoms with Crippen LogP contribution in [0, 0.1) is 5.92 Å². The van der Waals surface area contributed by atoms with E-state index < -0.39 is 0 Å². The SMILES string of the molecule is CC(C)OCCC1CCC(N2CCN(C)CC2)C1. The Hall–Kier alpha value is -0.120. The predicted molar refractivity (Wildman–Crippen MR) is 75.9 cm³/mol. The van der Waals surface area contributed by atoms with Crippen molar-refractivity contribution in [1.29, 1.82) is 0 Å². The summed E-state index contributed by atoms with van der Waals surface area (Å²) >= 11 is 0. The molecule has 2 atom stereocenters. The summed E-state index contributed by atoms with van der Waals surface area (Å²) in [6, 6.07) is 0.864. The van der Waals surface area contributed by atoms with Gasteiger partial charge >= 0.3 is 0 Å². The highest BCUT2D eigenvalue weighted by atomic mass is 16.5. The van der Waals surface area contributed by atoms with Crippen LogP contribution in [0.3, 0.4) is 0 Å². The molecule has 106 valence electrons. The van der Waals surface area contributed by atoms with E-state index >= 15 is 0 Å². The molecular weight excluding hydrogens is 224 g/mol. The van der Waals surface area contributed by atoms with Crippen LogP contribution < -0.4 is 0 Å². The van der Waals surface area contributed by atoms with Crippen molar-refractivity contribution >= 4 is 0 Å². The molecule has 0 aromatic rings. The number of hydrogen-bond acceptors (Lipinski definition) is 3. The fourth-order valence-electron chi connectivity index (χ4n) is 3.30. The van der Waals surface area contributed by atoms with Crippen LogP contribution in [0.25, 0.3) is 0 Å². The quantitative estimate of drug-likeness (QED) is 0.748. The number of hydrogen-bond donors (Lipinski definition) is 0. The molecule has 1 heterocycles. The molecule has 0 N–H and O–H groups in total. The van der Waals surface area contributed by atoms with Crippen LogP contribution in [0.15, 0.2) is 0 Å². The van der Waals surface area contributed by atoms with Gasteiger partial charge in [0.15, 0.2) is 0 Å². The van der Waals surface area contributed by atoms with Gasteiger partial charge in [-0.2, -0.15) is 0 Å². The highest BCUT2D eigenvalue weighted by molar-refractivity contribution is 4.85. The van der Waals surface area contributed by atoms with Gasteiger partial charge in [0.25, 0.3) is 0 Å². The minimum Gasteiger partial charge on any atom is -0.379 e. The number of likely N-dealkylation sites (N-methyl/N-ethyl adjacent to an activating group) is 1. The first-order valence-corrected chi connectivity index (χ1v) is 7.69. The van der Waals surface area contributed by atoms with Crippen LogP contribution in [0.2, 0.25) is 0 Å². The number of piperazine rings is 1. The van der Waals surface area contributed by atoms with Crippen molar-refractivity contribution in [3.05, 3.63) is 0 Å². The molecule has 0 radical (unpaired) electrons. The summed E-state index contributed by atoms with van der Waals surface area (Å²) in [5.74, 6) is 0.911. The molecule has 2 fully saturated rings. The lowest BCUT2D eigenvalue weighted by Gasteiger charge is -2.36. The molecule has 0 bridgehead atoms. The Balaban J connectivity index is 1.65. The normalized spacial score (nSPS) is 31.3. The first kappa shape index (κ1) is 14.3. The second-order valence-corrected chi connectivity index (χ2v) is 6.38. The van der Waals surface area contributed by atoms with Crippen LogP contribution in [0.1, 0.15) is 39.5 Å². The third-order valence-electron chi connectivity index (χ3n) is 4.55. The average molecular weight is 254 g/mol. The van der Waals surface area contributed by atoms with E-state index in [0.29, 0.717) is 6.10 Å². The third kappa shape index (κ3) is 4.22. The summed E-state index contributed by atoms with van der Waals surface area (Å²) in [5.41, 5.74) is 0. The van der Waals surface area contributed by atoms with Crippen molar-refractivity contribution < 1.29 is 4.74 Å². The first-order valence-electron chi connectivity index (χ1n) is 7.69. The van der Waals surface area contributed by atoms with Crippen molar-refractivity contribution in [2.75, 3.05) is 39.8 Å². The molecule has 0 spiro atoms. The van der Waals surface area contributed by atoms with Gasteiger partial charge in [-0.1, -0.05) is 0 Å². The van der Waals surface area contributed by atoms with Crippen molar-refractivity contribution in [3.63, 3.8) is 0 Å². The Morgan fingerprint density at radius 2 is 1.83 bits per heavy atom. The van der Waals surface area contributed by atoms with Gasteiger partial charge in [0.2, 0.25) is 0 Å². The van der Waals surface area contributed by atoms with Crippen LogP contribution >= 0.6 is 0 Å². The van der Waals surface area contributed by atoms with E-state index in [2.05, 4.69) is 30.7 Å². The van der Waals surface area contributed by atoms with Crippen molar-refractivity contribution in [1.82, 2.24) is 9.80 Å². The summed E-state index contributed by atoms with van der Waals surface area (Å²) in [4.78, 5) is 5.17. The Morgan fingerprint density at radius 1 is 1.11 bits per heavy atom. The van der Waals surface area contributed by atoms with Gasteiger partial charge in [-0.15, -0.1) is 0 Å². The van der Waals surface area contributed by atoms with Gasteiger partial charge in [0.05, 0.1) is 6.10 Å². The van der Waals surface area contributed by atoms with E-state index in [1.54, 1.807) is 0 Å². The summed E-state index contributed by atoms with van der Waals surface area (Å²) in [6.07, 6.45) is 5.89. The maximum Gasteiger partial charge on any atom is 0.0518 e. The zero-order valence-corrected chi connectivity index (χ0v) is 12.4. The molecule has 1 aliphatic carbocycles. The Kier molecular flexibility index (Phi) is 5.46. The lowest BCUT2D eigenvalue weighted by Crippen LogP contribution is -2.48. The monoisotopic (exact) mass is 254 g/mol. The molecule has 1 aliphatic heterocycles. The van der Waals surface area contributed by atoms with E-state index in [9.17, 15) is 0 Å². The molecule has 1 saturated heterocycles. The van der Waals surface area contributed by atoms with Gasteiger partial charge in [0, 0.05) is 38.8 Å². The Labute approximate surface area is 112 Å². The number of ether oxygens (including phenoxy) is 1. The Bertz CT molecular complexity index is 237. The van der Waals surface area contributed by atoms with Crippen molar-refractivity contribution in [2.45, 2.75) is 51.7 Å². The lowest BCUT2D eigenvalue weighted by molar-refractivity contribution is 0.0669. The molecular formula is C15H30N2O. The van der Waals surface area contributed by atoms with Crippen LogP contribution in [-0.2, 0) is 4.74 Å². The van der Waals surface area contributed by atoms with Crippen LogP contribution in [-0.4, -0.2) is 61.8 Å². The second kappa shape index (κ2) is 6.88. The minimum absolute atomic E-state index is 0.389. The van der Waals surface area contributed by atoms with Crippen LogP contribution in [0.5, 0.6) is 0 Å². The fourth-order valence-corrected chi connectivity index (χ4v) is 3.30. The highest BCUT2D eigenvalue weighted by Gasteiger charge is 2.30.